The van der Waals surface area contributed by atoms with Crippen molar-refractivity contribution in [2.45, 2.75) is 32.0 Å². The molecule has 1 fully saturated rings. The molecule has 1 aliphatic rings. The number of rotatable bonds is 5. The Morgan fingerprint density at radius 2 is 2.10 bits per heavy atom. The summed E-state index contributed by atoms with van der Waals surface area (Å²) in [5, 5.41) is 34.1. The van der Waals surface area contributed by atoms with Gasteiger partial charge in [-0.15, -0.1) is 10.2 Å². The monoisotopic (exact) mass is 423 g/mol. The van der Waals surface area contributed by atoms with E-state index in [4.69, 9.17) is 16.3 Å². The second-order valence-electron chi connectivity index (χ2n) is 7.24. The SMILES string of the molecule is COc1ccc(CNc2nnc(N3CCCCC3O)c3ccc(C#N)cc23)cc1Cl. The number of aliphatic hydroxyl groups excluding tert-OH is 1. The Balaban J connectivity index is 1.68. The molecule has 1 aliphatic heterocycles. The Labute approximate surface area is 179 Å². The lowest BCUT2D eigenvalue weighted by atomic mass is 10.1. The van der Waals surface area contributed by atoms with Gasteiger partial charge in [0.15, 0.2) is 11.6 Å². The van der Waals surface area contributed by atoms with Gasteiger partial charge < -0.3 is 20.1 Å². The number of nitrogens with one attached hydrogen (secondary N) is 1. The molecule has 0 radical (unpaired) electrons. The second-order valence-corrected chi connectivity index (χ2v) is 7.64. The molecule has 154 valence electrons. The molecule has 30 heavy (non-hydrogen) atoms. The van der Waals surface area contributed by atoms with Crippen molar-refractivity contribution in [1.29, 1.82) is 5.26 Å². The fraction of sp³-hybridized carbons (Fsp3) is 0.318. The summed E-state index contributed by atoms with van der Waals surface area (Å²) < 4.78 is 5.19. The molecule has 7 nitrogen and oxygen atoms in total. The molecule has 1 saturated heterocycles. The number of anilines is 2. The number of piperidine rings is 1. The number of benzene rings is 2. The van der Waals surface area contributed by atoms with Gasteiger partial charge in [-0.1, -0.05) is 17.7 Å². The summed E-state index contributed by atoms with van der Waals surface area (Å²) in [4.78, 5) is 1.89. The number of aromatic nitrogens is 2. The number of nitriles is 1. The topological polar surface area (TPSA) is 94.3 Å². The summed E-state index contributed by atoms with van der Waals surface area (Å²) in [6.07, 6.45) is 2.12. The van der Waals surface area contributed by atoms with E-state index in [0.29, 0.717) is 40.9 Å². The third kappa shape index (κ3) is 3.97. The normalized spacial score (nSPS) is 16.3. The van der Waals surface area contributed by atoms with Crippen molar-refractivity contribution in [3.8, 4) is 11.8 Å². The molecular formula is C22H22ClN5O2. The lowest BCUT2D eigenvalue weighted by molar-refractivity contribution is 0.139. The number of fused-ring (bicyclic) bond motifs is 1. The molecule has 0 saturated carbocycles. The van der Waals surface area contributed by atoms with E-state index in [1.165, 1.54) is 0 Å². The lowest BCUT2D eigenvalue weighted by Gasteiger charge is -2.33. The first-order chi connectivity index (χ1) is 14.6. The Morgan fingerprint density at radius 1 is 1.23 bits per heavy atom. The molecule has 1 atom stereocenters. The maximum Gasteiger partial charge on any atom is 0.161 e. The Kier molecular flexibility index (Phi) is 5.88. The number of halogens is 1. The van der Waals surface area contributed by atoms with Crippen molar-refractivity contribution < 1.29 is 9.84 Å². The van der Waals surface area contributed by atoms with Crippen molar-refractivity contribution in [2.24, 2.45) is 0 Å². The van der Waals surface area contributed by atoms with Crippen molar-refractivity contribution in [3.63, 3.8) is 0 Å². The van der Waals surface area contributed by atoms with Gasteiger partial charge in [0, 0.05) is 23.9 Å². The molecule has 0 amide bonds. The summed E-state index contributed by atoms with van der Waals surface area (Å²) in [6, 6.07) is 13.2. The summed E-state index contributed by atoms with van der Waals surface area (Å²) in [5.41, 5.74) is 1.50. The van der Waals surface area contributed by atoms with E-state index in [-0.39, 0.29) is 0 Å². The van der Waals surface area contributed by atoms with Crippen LogP contribution in [0.5, 0.6) is 5.75 Å². The Hall–Kier alpha value is -3.08. The van der Waals surface area contributed by atoms with Gasteiger partial charge in [0.05, 0.1) is 23.8 Å². The van der Waals surface area contributed by atoms with Crippen LogP contribution < -0.4 is 15.0 Å². The minimum absolute atomic E-state index is 0.482. The van der Waals surface area contributed by atoms with Crippen LogP contribution in [0.25, 0.3) is 10.8 Å². The van der Waals surface area contributed by atoms with Gasteiger partial charge in [-0.25, -0.2) is 0 Å². The molecule has 8 heteroatoms. The smallest absolute Gasteiger partial charge is 0.161 e. The average molecular weight is 424 g/mol. The lowest BCUT2D eigenvalue weighted by Crippen LogP contribution is -2.40. The molecule has 2 aromatic carbocycles. The predicted molar refractivity (Wildman–Crippen MR) is 117 cm³/mol. The van der Waals surface area contributed by atoms with Gasteiger partial charge >= 0.3 is 0 Å². The fourth-order valence-corrected chi connectivity index (χ4v) is 4.00. The van der Waals surface area contributed by atoms with Crippen LogP contribution in [0.2, 0.25) is 5.02 Å². The number of nitrogens with zero attached hydrogens (tertiary/aromatic N) is 4. The third-order valence-electron chi connectivity index (χ3n) is 5.31. The van der Waals surface area contributed by atoms with Crippen LogP contribution in [0.15, 0.2) is 36.4 Å². The maximum absolute atomic E-state index is 10.4. The van der Waals surface area contributed by atoms with Crippen LogP contribution in [0.4, 0.5) is 11.6 Å². The second kappa shape index (κ2) is 8.74. The van der Waals surface area contributed by atoms with E-state index < -0.39 is 6.23 Å². The molecule has 0 aliphatic carbocycles. The first kappa shape index (κ1) is 20.2. The molecule has 2 N–H and O–H groups in total. The number of methoxy groups -OCH3 is 1. The Morgan fingerprint density at radius 3 is 2.83 bits per heavy atom. The van der Waals surface area contributed by atoms with Crippen LogP contribution >= 0.6 is 11.6 Å². The maximum atomic E-state index is 10.4. The molecule has 4 rings (SSSR count). The van der Waals surface area contributed by atoms with Crippen LogP contribution in [-0.4, -0.2) is 35.2 Å². The van der Waals surface area contributed by atoms with Gasteiger partial charge in [-0.2, -0.15) is 5.26 Å². The van der Waals surface area contributed by atoms with E-state index in [1.54, 1.807) is 19.2 Å². The summed E-state index contributed by atoms with van der Waals surface area (Å²) in [6.45, 7) is 1.21. The first-order valence-electron chi connectivity index (χ1n) is 9.82. The number of aliphatic hydroxyl groups is 1. The molecule has 1 aromatic heterocycles. The Bertz CT molecular complexity index is 1110. The average Bonchev–Trinajstić information content (AvgIpc) is 2.77. The summed E-state index contributed by atoms with van der Waals surface area (Å²) in [7, 11) is 1.58. The zero-order valence-electron chi connectivity index (χ0n) is 16.6. The molecule has 3 aromatic rings. The predicted octanol–water partition coefficient (Wildman–Crippen LogP) is 4.08. The van der Waals surface area contributed by atoms with E-state index in [9.17, 15) is 10.4 Å². The van der Waals surface area contributed by atoms with Gasteiger partial charge in [0.1, 0.15) is 12.0 Å². The fourth-order valence-electron chi connectivity index (χ4n) is 3.72. The summed E-state index contributed by atoms with van der Waals surface area (Å²) in [5.74, 6) is 1.83. The number of hydrogen-bond donors (Lipinski definition) is 2. The largest absolute Gasteiger partial charge is 0.495 e. The van der Waals surface area contributed by atoms with E-state index in [1.807, 2.05) is 29.2 Å². The van der Waals surface area contributed by atoms with E-state index in [0.717, 1.165) is 35.7 Å². The van der Waals surface area contributed by atoms with Crippen LogP contribution in [0.1, 0.15) is 30.4 Å². The number of hydrogen-bond acceptors (Lipinski definition) is 7. The molecule has 2 heterocycles. The quantitative estimate of drug-likeness (QED) is 0.638. The van der Waals surface area contributed by atoms with Crippen molar-refractivity contribution in [3.05, 3.63) is 52.5 Å². The van der Waals surface area contributed by atoms with Crippen molar-refractivity contribution in [2.75, 3.05) is 23.9 Å². The summed E-state index contributed by atoms with van der Waals surface area (Å²) >= 11 is 6.22. The minimum atomic E-state index is -0.577. The third-order valence-corrected chi connectivity index (χ3v) is 5.60. The zero-order valence-corrected chi connectivity index (χ0v) is 17.4. The van der Waals surface area contributed by atoms with Gasteiger partial charge in [0.2, 0.25) is 0 Å². The molecule has 0 spiro atoms. The highest BCUT2D eigenvalue weighted by molar-refractivity contribution is 6.32. The van der Waals surface area contributed by atoms with E-state index >= 15 is 0 Å². The highest BCUT2D eigenvalue weighted by Crippen LogP contribution is 2.33. The number of ether oxygens (including phenoxy) is 1. The highest BCUT2D eigenvalue weighted by Gasteiger charge is 2.24. The van der Waals surface area contributed by atoms with Crippen LogP contribution in [-0.2, 0) is 6.54 Å². The first-order valence-corrected chi connectivity index (χ1v) is 10.2. The highest BCUT2D eigenvalue weighted by atomic mass is 35.5. The van der Waals surface area contributed by atoms with Gasteiger partial charge in [-0.3, -0.25) is 0 Å². The molecule has 0 bridgehead atoms. The van der Waals surface area contributed by atoms with Crippen molar-refractivity contribution >= 4 is 34.0 Å². The standard InChI is InChI=1S/C22H22ClN5O2/c1-30-19-8-6-15(11-18(19)23)13-25-21-17-10-14(12-24)5-7-16(17)22(27-26-21)28-9-3-2-4-20(28)29/h5-8,10-11,20,29H,2-4,9,13H2,1H3,(H,25,26). The van der Waals surface area contributed by atoms with E-state index in [2.05, 4.69) is 21.6 Å². The minimum Gasteiger partial charge on any atom is -0.495 e. The van der Waals surface area contributed by atoms with Gasteiger partial charge in [0.25, 0.3) is 0 Å². The molecule has 1 unspecified atom stereocenters. The van der Waals surface area contributed by atoms with Crippen LogP contribution in [0.3, 0.4) is 0 Å². The zero-order chi connectivity index (χ0) is 21.1. The molecular weight excluding hydrogens is 402 g/mol. The van der Waals surface area contributed by atoms with Crippen LogP contribution in [0, 0.1) is 11.3 Å². The van der Waals surface area contributed by atoms with Gasteiger partial charge in [-0.05, 0) is 55.2 Å². The van der Waals surface area contributed by atoms with Crippen molar-refractivity contribution in [1.82, 2.24) is 10.2 Å².